The molecule has 0 radical (unpaired) electrons. The summed E-state index contributed by atoms with van der Waals surface area (Å²) in [5.41, 5.74) is 1.14. The van der Waals surface area contributed by atoms with Gasteiger partial charge in [0, 0.05) is 26.9 Å². The van der Waals surface area contributed by atoms with Crippen molar-refractivity contribution in [2.75, 3.05) is 5.32 Å². The third-order valence-corrected chi connectivity index (χ3v) is 5.40. The topological polar surface area (TPSA) is 68.0 Å². The van der Waals surface area contributed by atoms with Gasteiger partial charge in [0.2, 0.25) is 6.41 Å². The Bertz CT molecular complexity index is 1030. The normalized spacial score (nSPS) is 14.8. The molecule has 27 heavy (non-hydrogen) atoms. The molecule has 1 aliphatic carbocycles. The van der Waals surface area contributed by atoms with Crippen molar-refractivity contribution < 1.29 is 13.7 Å². The molecule has 9 heteroatoms. The molecule has 3 aromatic rings. The van der Waals surface area contributed by atoms with Gasteiger partial charge in [0.05, 0.1) is 10.4 Å². The third kappa shape index (κ3) is 3.18. The van der Waals surface area contributed by atoms with Gasteiger partial charge < -0.3 is 9.84 Å². The van der Waals surface area contributed by atoms with Gasteiger partial charge in [0.15, 0.2) is 5.82 Å². The van der Waals surface area contributed by atoms with Crippen LogP contribution in [-0.4, -0.2) is 16.6 Å². The molecule has 1 heterocycles. The SMILES string of the molecule is O=CNc1cc(Cl)c(C2(c3noc(-c4ccc(F)c(Cl)c4)n3)CC2)c(Cl)c1. The van der Waals surface area contributed by atoms with Gasteiger partial charge in [-0.05, 0) is 43.2 Å². The zero-order valence-corrected chi connectivity index (χ0v) is 15.9. The standard InChI is InChI=1S/C18H11Cl3FN3O2/c19-11-5-9(1-2-14(11)22)16-24-17(25-27-16)18(3-4-18)15-12(20)6-10(23-8-26)7-13(15)21/h1-2,5-8H,3-4H2,(H,23,26). The number of aromatic nitrogens is 2. The molecule has 1 aliphatic rings. The number of benzene rings is 2. The van der Waals surface area contributed by atoms with E-state index in [1.807, 2.05) is 0 Å². The first-order valence-electron chi connectivity index (χ1n) is 7.94. The number of nitrogens with one attached hydrogen (secondary N) is 1. The van der Waals surface area contributed by atoms with E-state index in [0.29, 0.717) is 39.1 Å². The zero-order chi connectivity index (χ0) is 19.2. The van der Waals surface area contributed by atoms with E-state index in [1.54, 1.807) is 12.1 Å². The summed E-state index contributed by atoms with van der Waals surface area (Å²) >= 11 is 18.7. The minimum Gasteiger partial charge on any atom is -0.334 e. The van der Waals surface area contributed by atoms with Crippen LogP contribution in [0, 0.1) is 5.82 Å². The van der Waals surface area contributed by atoms with Crippen LogP contribution in [0.2, 0.25) is 15.1 Å². The summed E-state index contributed by atoms with van der Waals surface area (Å²) in [6.07, 6.45) is 2.04. The third-order valence-electron chi connectivity index (χ3n) is 4.52. The van der Waals surface area contributed by atoms with Crippen molar-refractivity contribution in [3.05, 3.63) is 62.6 Å². The minimum absolute atomic E-state index is 0.0299. The van der Waals surface area contributed by atoms with Crippen LogP contribution in [0.15, 0.2) is 34.9 Å². The largest absolute Gasteiger partial charge is 0.334 e. The second kappa shape index (κ2) is 6.78. The van der Waals surface area contributed by atoms with Crippen molar-refractivity contribution in [2.45, 2.75) is 18.3 Å². The first-order valence-corrected chi connectivity index (χ1v) is 9.07. The number of amides is 1. The van der Waals surface area contributed by atoms with Gasteiger partial charge in [-0.25, -0.2) is 4.39 Å². The Morgan fingerprint density at radius 1 is 1.11 bits per heavy atom. The van der Waals surface area contributed by atoms with Crippen LogP contribution in [0.25, 0.3) is 11.5 Å². The number of hydrogen-bond acceptors (Lipinski definition) is 4. The smallest absolute Gasteiger partial charge is 0.258 e. The fourth-order valence-corrected chi connectivity index (χ4v) is 4.09. The van der Waals surface area contributed by atoms with E-state index in [9.17, 15) is 9.18 Å². The van der Waals surface area contributed by atoms with Gasteiger partial charge in [-0.15, -0.1) is 0 Å². The van der Waals surface area contributed by atoms with E-state index in [-0.39, 0.29) is 10.9 Å². The molecule has 0 atom stereocenters. The summed E-state index contributed by atoms with van der Waals surface area (Å²) in [5.74, 6) is 0.143. The van der Waals surface area contributed by atoms with Gasteiger partial charge in [-0.1, -0.05) is 40.0 Å². The minimum atomic E-state index is -0.556. The lowest BCUT2D eigenvalue weighted by Gasteiger charge is -2.16. The molecule has 1 N–H and O–H groups in total. The van der Waals surface area contributed by atoms with Crippen molar-refractivity contribution in [1.82, 2.24) is 10.1 Å². The number of hydrogen-bond donors (Lipinski definition) is 1. The van der Waals surface area contributed by atoms with Gasteiger partial charge in [-0.3, -0.25) is 4.79 Å². The van der Waals surface area contributed by atoms with Gasteiger partial charge >= 0.3 is 0 Å². The van der Waals surface area contributed by atoms with E-state index in [1.165, 1.54) is 18.2 Å². The maximum absolute atomic E-state index is 13.4. The van der Waals surface area contributed by atoms with E-state index in [0.717, 1.165) is 12.8 Å². The summed E-state index contributed by atoms with van der Waals surface area (Å²) in [6, 6.07) is 7.42. The van der Waals surface area contributed by atoms with E-state index in [2.05, 4.69) is 15.5 Å². The van der Waals surface area contributed by atoms with Gasteiger partial charge in [0.1, 0.15) is 5.82 Å². The molecule has 0 spiro atoms. The second-order valence-electron chi connectivity index (χ2n) is 6.21. The Morgan fingerprint density at radius 2 is 1.81 bits per heavy atom. The van der Waals surface area contributed by atoms with Gasteiger partial charge in [-0.2, -0.15) is 4.98 Å². The molecule has 0 unspecified atom stereocenters. The fraction of sp³-hybridized carbons (Fsp3) is 0.167. The summed E-state index contributed by atoms with van der Waals surface area (Å²) in [7, 11) is 0. The summed E-state index contributed by atoms with van der Waals surface area (Å²) < 4.78 is 18.7. The van der Waals surface area contributed by atoms with E-state index >= 15 is 0 Å². The number of nitrogens with zero attached hydrogens (tertiary/aromatic N) is 2. The quantitative estimate of drug-likeness (QED) is 0.548. The lowest BCUT2D eigenvalue weighted by molar-refractivity contribution is -0.105. The average molecular weight is 427 g/mol. The van der Waals surface area contributed by atoms with Crippen LogP contribution in [0.4, 0.5) is 10.1 Å². The molecule has 4 rings (SSSR count). The van der Waals surface area contributed by atoms with Crippen molar-refractivity contribution >= 4 is 46.9 Å². The molecule has 1 fully saturated rings. The number of carbonyl (C=O) groups excluding carboxylic acids is 1. The Morgan fingerprint density at radius 3 is 2.41 bits per heavy atom. The molecule has 138 valence electrons. The lowest BCUT2D eigenvalue weighted by atomic mass is 9.94. The fourth-order valence-electron chi connectivity index (χ4n) is 3.06. The van der Waals surface area contributed by atoms with E-state index < -0.39 is 11.2 Å². The Kier molecular flexibility index (Phi) is 4.58. The van der Waals surface area contributed by atoms with Crippen molar-refractivity contribution in [2.24, 2.45) is 0 Å². The van der Waals surface area contributed by atoms with Gasteiger partial charge in [0.25, 0.3) is 5.89 Å². The first kappa shape index (κ1) is 18.2. The van der Waals surface area contributed by atoms with Crippen LogP contribution in [0.3, 0.4) is 0 Å². The summed E-state index contributed by atoms with van der Waals surface area (Å²) in [6.45, 7) is 0. The summed E-state index contributed by atoms with van der Waals surface area (Å²) in [5, 5.41) is 7.38. The lowest BCUT2D eigenvalue weighted by Crippen LogP contribution is -2.13. The monoisotopic (exact) mass is 425 g/mol. The second-order valence-corrected chi connectivity index (χ2v) is 7.43. The van der Waals surface area contributed by atoms with Crippen molar-refractivity contribution in [3.8, 4) is 11.5 Å². The number of carbonyl (C=O) groups is 1. The molecule has 0 aliphatic heterocycles. The highest BCUT2D eigenvalue weighted by molar-refractivity contribution is 6.37. The number of halogens is 4. The molecular weight excluding hydrogens is 416 g/mol. The predicted octanol–water partition coefficient (Wildman–Crippen LogP) is 5.48. The van der Waals surface area contributed by atoms with Crippen LogP contribution in [0.1, 0.15) is 24.2 Å². The number of rotatable bonds is 5. The maximum Gasteiger partial charge on any atom is 0.258 e. The molecule has 1 saturated carbocycles. The molecule has 1 amide bonds. The highest BCUT2D eigenvalue weighted by Gasteiger charge is 2.52. The van der Waals surface area contributed by atoms with Crippen LogP contribution < -0.4 is 5.32 Å². The maximum atomic E-state index is 13.4. The molecule has 0 saturated heterocycles. The van der Waals surface area contributed by atoms with Crippen LogP contribution in [0.5, 0.6) is 0 Å². The Labute approximate surface area is 168 Å². The Hall–Kier alpha value is -2.15. The highest BCUT2D eigenvalue weighted by atomic mass is 35.5. The zero-order valence-electron chi connectivity index (χ0n) is 13.6. The van der Waals surface area contributed by atoms with Crippen molar-refractivity contribution in [1.29, 1.82) is 0 Å². The highest BCUT2D eigenvalue weighted by Crippen LogP contribution is 2.57. The average Bonchev–Trinajstić information content (AvgIpc) is 3.24. The summed E-state index contributed by atoms with van der Waals surface area (Å²) in [4.78, 5) is 15.1. The van der Waals surface area contributed by atoms with Crippen LogP contribution >= 0.6 is 34.8 Å². The molecular formula is C18H11Cl3FN3O2. The molecule has 0 bridgehead atoms. The predicted molar refractivity (Wildman–Crippen MR) is 101 cm³/mol. The van der Waals surface area contributed by atoms with E-state index in [4.69, 9.17) is 39.3 Å². The molecule has 1 aromatic heterocycles. The van der Waals surface area contributed by atoms with Crippen LogP contribution in [-0.2, 0) is 10.2 Å². The molecule has 5 nitrogen and oxygen atoms in total. The Balaban J connectivity index is 1.73. The molecule has 2 aromatic carbocycles. The first-order chi connectivity index (χ1) is 12.9. The van der Waals surface area contributed by atoms with Crippen molar-refractivity contribution in [3.63, 3.8) is 0 Å². The number of anilines is 1.